The van der Waals surface area contributed by atoms with Crippen LogP contribution in [0.2, 0.25) is 0 Å². The van der Waals surface area contributed by atoms with Gasteiger partial charge < -0.3 is 15.6 Å². The van der Waals surface area contributed by atoms with Crippen LogP contribution < -0.4 is 11.1 Å². The van der Waals surface area contributed by atoms with Gasteiger partial charge in [-0.3, -0.25) is 0 Å². The summed E-state index contributed by atoms with van der Waals surface area (Å²) in [5.74, 6) is 1.57. The lowest BCUT2D eigenvalue weighted by Crippen LogP contribution is -2.05. The summed E-state index contributed by atoms with van der Waals surface area (Å²) < 4.78 is 4.81. The van der Waals surface area contributed by atoms with Crippen LogP contribution >= 0.6 is 0 Å². The maximum atomic E-state index is 5.44. The molecule has 2 heterocycles. The molecular formula is C8H10N6O. The van der Waals surface area contributed by atoms with Gasteiger partial charge in [-0.25, -0.2) is 9.97 Å². The molecule has 0 fully saturated rings. The van der Waals surface area contributed by atoms with E-state index in [9.17, 15) is 0 Å². The standard InChI is InChI=1S/C8H10N6O/c1-5-13-7(14-15-5)4-12-8-10-2-6(9)3-11-8/h2-3H,4,9H2,1H3,(H,10,11,12). The quantitative estimate of drug-likeness (QED) is 0.747. The normalized spacial score (nSPS) is 10.2. The summed E-state index contributed by atoms with van der Waals surface area (Å²) in [5.41, 5.74) is 5.97. The third-order valence-electron chi connectivity index (χ3n) is 1.65. The highest BCUT2D eigenvalue weighted by atomic mass is 16.5. The third kappa shape index (κ3) is 2.39. The van der Waals surface area contributed by atoms with Crippen LogP contribution in [0.3, 0.4) is 0 Å². The van der Waals surface area contributed by atoms with Crippen LogP contribution in [0.15, 0.2) is 16.9 Å². The lowest BCUT2D eigenvalue weighted by Gasteiger charge is -2.00. The molecule has 0 aliphatic carbocycles. The summed E-state index contributed by atoms with van der Waals surface area (Å²) in [6.07, 6.45) is 3.05. The third-order valence-corrected chi connectivity index (χ3v) is 1.65. The highest BCUT2D eigenvalue weighted by molar-refractivity contribution is 5.35. The average molecular weight is 206 g/mol. The van der Waals surface area contributed by atoms with Crippen molar-refractivity contribution in [3.8, 4) is 0 Å². The number of aryl methyl sites for hydroxylation is 1. The van der Waals surface area contributed by atoms with Gasteiger partial charge in [-0.1, -0.05) is 5.16 Å². The van der Waals surface area contributed by atoms with Gasteiger partial charge in [-0.15, -0.1) is 0 Å². The molecule has 0 unspecified atom stereocenters. The molecule has 0 aliphatic rings. The Kier molecular flexibility index (Phi) is 2.44. The second kappa shape index (κ2) is 3.91. The maximum absolute atomic E-state index is 5.44. The number of nitrogens with two attached hydrogens (primary N) is 1. The molecule has 7 nitrogen and oxygen atoms in total. The number of aromatic nitrogens is 4. The number of anilines is 2. The van der Waals surface area contributed by atoms with Crippen LogP contribution in [0.1, 0.15) is 11.7 Å². The van der Waals surface area contributed by atoms with Crippen LogP contribution in [0.4, 0.5) is 11.6 Å². The molecule has 0 aromatic carbocycles. The van der Waals surface area contributed by atoms with Gasteiger partial charge in [0.25, 0.3) is 0 Å². The highest BCUT2D eigenvalue weighted by Gasteiger charge is 2.02. The van der Waals surface area contributed by atoms with Crippen molar-refractivity contribution in [1.82, 2.24) is 20.1 Å². The van der Waals surface area contributed by atoms with Crippen molar-refractivity contribution in [2.24, 2.45) is 0 Å². The largest absolute Gasteiger partial charge is 0.396 e. The molecule has 0 atom stereocenters. The second-order valence-corrected chi connectivity index (χ2v) is 2.92. The minimum absolute atomic E-state index is 0.418. The lowest BCUT2D eigenvalue weighted by molar-refractivity contribution is 0.388. The maximum Gasteiger partial charge on any atom is 0.223 e. The van der Waals surface area contributed by atoms with E-state index < -0.39 is 0 Å². The molecule has 0 amide bonds. The smallest absolute Gasteiger partial charge is 0.223 e. The average Bonchev–Trinajstić information content (AvgIpc) is 2.64. The van der Waals surface area contributed by atoms with Gasteiger partial charge in [0.05, 0.1) is 24.6 Å². The van der Waals surface area contributed by atoms with Crippen molar-refractivity contribution in [1.29, 1.82) is 0 Å². The van der Waals surface area contributed by atoms with Crippen molar-refractivity contribution < 1.29 is 4.52 Å². The van der Waals surface area contributed by atoms with Crippen LogP contribution in [0.5, 0.6) is 0 Å². The first-order valence-corrected chi connectivity index (χ1v) is 4.34. The van der Waals surface area contributed by atoms with E-state index in [-0.39, 0.29) is 0 Å². The second-order valence-electron chi connectivity index (χ2n) is 2.92. The SMILES string of the molecule is Cc1nc(CNc2ncc(N)cn2)no1. The summed E-state index contributed by atoms with van der Waals surface area (Å²) in [6.45, 7) is 2.15. The fourth-order valence-corrected chi connectivity index (χ4v) is 1.00. The van der Waals surface area contributed by atoms with Crippen LogP contribution in [0, 0.1) is 6.92 Å². The Morgan fingerprint density at radius 1 is 1.40 bits per heavy atom. The minimum Gasteiger partial charge on any atom is -0.396 e. The monoisotopic (exact) mass is 206 g/mol. The van der Waals surface area contributed by atoms with Crippen molar-refractivity contribution in [3.05, 3.63) is 24.1 Å². The predicted molar refractivity (Wildman–Crippen MR) is 52.8 cm³/mol. The van der Waals surface area contributed by atoms with Crippen molar-refractivity contribution in [2.75, 3.05) is 11.1 Å². The molecule has 0 spiro atoms. The summed E-state index contributed by atoms with van der Waals surface area (Å²) >= 11 is 0. The Morgan fingerprint density at radius 3 is 2.73 bits per heavy atom. The zero-order chi connectivity index (χ0) is 10.7. The van der Waals surface area contributed by atoms with Gasteiger partial charge in [0, 0.05) is 6.92 Å². The summed E-state index contributed by atoms with van der Waals surface area (Å²) in [5, 5.41) is 6.66. The molecule has 7 heteroatoms. The molecule has 0 saturated carbocycles. The van der Waals surface area contributed by atoms with Gasteiger partial charge in [0.15, 0.2) is 5.82 Å². The fourth-order valence-electron chi connectivity index (χ4n) is 1.00. The van der Waals surface area contributed by atoms with Crippen LogP contribution in [-0.2, 0) is 6.54 Å². The van der Waals surface area contributed by atoms with Gasteiger partial charge in [-0.05, 0) is 0 Å². The summed E-state index contributed by atoms with van der Waals surface area (Å²) in [4.78, 5) is 12.0. The molecule has 2 rings (SSSR count). The van der Waals surface area contributed by atoms with E-state index in [4.69, 9.17) is 10.3 Å². The Labute approximate surface area is 85.7 Å². The number of nitrogens with one attached hydrogen (secondary N) is 1. The first-order valence-electron chi connectivity index (χ1n) is 4.34. The number of hydrogen-bond acceptors (Lipinski definition) is 7. The van der Waals surface area contributed by atoms with Crippen LogP contribution in [0.25, 0.3) is 0 Å². The summed E-state index contributed by atoms with van der Waals surface area (Å²) in [7, 11) is 0. The Hall–Kier alpha value is -2.18. The van der Waals surface area contributed by atoms with E-state index in [1.165, 1.54) is 12.4 Å². The highest BCUT2D eigenvalue weighted by Crippen LogP contribution is 2.02. The van der Waals surface area contributed by atoms with Gasteiger partial charge in [-0.2, -0.15) is 4.98 Å². The predicted octanol–water partition coefficient (Wildman–Crippen LogP) is 0.362. The van der Waals surface area contributed by atoms with E-state index in [0.29, 0.717) is 29.9 Å². The van der Waals surface area contributed by atoms with Crippen molar-refractivity contribution in [2.45, 2.75) is 13.5 Å². The van der Waals surface area contributed by atoms with Crippen molar-refractivity contribution >= 4 is 11.6 Å². The fraction of sp³-hybridized carbons (Fsp3) is 0.250. The molecule has 0 saturated heterocycles. The molecule has 2 aromatic heterocycles. The molecular weight excluding hydrogens is 196 g/mol. The number of hydrogen-bond donors (Lipinski definition) is 2. The van der Waals surface area contributed by atoms with E-state index in [1.54, 1.807) is 6.92 Å². The molecule has 3 N–H and O–H groups in total. The zero-order valence-corrected chi connectivity index (χ0v) is 8.14. The van der Waals surface area contributed by atoms with Gasteiger partial charge in [0.2, 0.25) is 11.8 Å². The Morgan fingerprint density at radius 2 is 2.13 bits per heavy atom. The lowest BCUT2D eigenvalue weighted by atomic mass is 10.5. The molecule has 0 bridgehead atoms. The topological polar surface area (TPSA) is 103 Å². The Balaban J connectivity index is 1.96. The number of nitrogens with zero attached hydrogens (tertiary/aromatic N) is 4. The molecule has 0 aliphatic heterocycles. The molecule has 2 aromatic rings. The molecule has 78 valence electrons. The first kappa shape index (κ1) is 9.38. The number of rotatable bonds is 3. The zero-order valence-electron chi connectivity index (χ0n) is 8.14. The first-order chi connectivity index (χ1) is 7.24. The summed E-state index contributed by atoms with van der Waals surface area (Å²) in [6, 6.07) is 0. The van der Waals surface area contributed by atoms with E-state index >= 15 is 0 Å². The molecule has 0 radical (unpaired) electrons. The van der Waals surface area contributed by atoms with E-state index in [2.05, 4.69) is 25.4 Å². The Bertz CT molecular complexity index is 437. The van der Waals surface area contributed by atoms with Gasteiger partial charge in [0.1, 0.15) is 0 Å². The number of nitrogen functional groups attached to an aromatic ring is 1. The molecule has 15 heavy (non-hydrogen) atoms. The van der Waals surface area contributed by atoms with Crippen LogP contribution in [-0.4, -0.2) is 20.1 Å². The van der Waals surface area contributed by atoms with Crippen molar-refractivity contribution in [3.63, 3.8) is 0 Å². The van der Waals surface area contributed by atoms with E-state index in [0.717, 1.165) is 0 Å². The van der Waals surface area contributed by atoms with Gasteiger partial charge >= 0.3 is 0 Å². The minimum atomic E-state index is 0.418. The van der Waals surface area contributed by atoms with E-state index in [1.807, 2.05) is 0 Å².